The van der Waals surface area contributed by atoms with Crippen molar-refractivity contribution in [3.05, 3.63) is 47.5 Å². The monoisotopic (exact) mass is 412 g/mol. The Hall–Kier alpha value is -2.41. The van der Waals surface area contributed by atoms with Crippen molar-refractivity contribution in [1.82, 2.24) is 14.8 Å². The van der Waals surface area contributed by atoms with Crippen LogP contribution in [0.4, 0.5) is 5.13 Å². The van der Waals surface area contributed by atoms with Crippen LogP contribution in [-0.2, 0) is 16.0 Å². The molecule has 29 heavy (non-hydrogen) atoms. The summed E-state index contributed by atoms with van der Waals surface area (Å²) in [5.41, 5.74) is 1.03. The van der Waals surface area contributed by atoms with Gasteiger partial charge in [-0.05, 0) is 24.8 Å². The van der Waals surface area contributed by atoms with Crippen LogP contribution in [0.25, 0.3) is 0 Å². The number of thiazole rings is 1. The zero-order valence-electron chi connectivity index (χ0n) is 16.7. The van der Waals surface area contributed by atoms with Gasteiger partial charge in [0.25, 0.3) is 0 Å². The number of aromatic nitrogens is 1. The molecule has 0 bridgehead atoms. The smallest absolute Gasteiger partial charge is 0.227 e. The van der Waals surface area contributed by atoms with Crippen LogP contribution in [0.15, 0.2) is 41.9 Å². The Bertz CT molecular complexity index is 811. The minimum absolute atomic E-state index is 0.0742. The first-order valence-corrected chi connectivity index (χ1v) is 11.3. The second-order valence-electron chi connectivity index (χ2n) is 7.82. The highest BCUT2D eigenvalue weighted by molar-refractivity contribution is 7.13. The van der Waals surface area contributed by atoms with Crippen LogP contribution >= 0.6 is 11.3 Å². The molecular weight excluding hydrogens is 384 g/mol. The molecular formula is C22H28N4O2S. The molecule has 2 aliphatic rings. The molecule has 1 atom stereocenters. The third-order valence-corrected chi connectivity index (χ3v) is 6.65. The summed E-state index contributed by atoms with van der Waals surface area (Å²) in [5.74, 6) is 0.262. The second-order valence-corrected chi connectivity index (χ2v) is 8.69. The van der Waals surface area contributed by atoms with Gasteiger partial charge in [-0.15, -0.1) is 11.3 Å². The van der Waals surface area contributed by atoms with Gasteiger partial charge in [0, 0.05) is 50.8 Å². The number of rotatable bonds is 4. The van der Waals surface area contributed by atoms with Crippen molar-refractivity contribution in [2.75, 3.05) is 44.2 Å². The number of carbonyl (C=O) groups is 2. The Morgan fingerprint density at radius 3 is 2.62 bits per heavy atom. The lowest BCUT2D eigenvalue weighted by molar-refractivity contribution is -0.140. The van der Waals surface area contributed by atoms with Gasteiger partial charge in [-0.3, -0.25) is 9.59 Å². The van der Waals surface area contributed by atoms with Crippen molar-refractivity contribution >= 4 is 28.3 Å². The van der Waals surface area contributed by atoms with Gasteiger partial charge in [-0.25, -0.2) is 4.98 Å². The molecule has 1 aromatic heterocycles. The van der Waals surface area contributed by atoms with Gasteiger partial charge in [0.1, 0.15) is 0 Å². The van der Waals surface area contributed by atoms with E-state index in [1.807, 2.05) is 51.7 Å². The number of anilines is 1. The highest BCUT2D eigenvalue weighted by atomic mass is 32.1. The van der Waals surface area contributed by atoms with E-state index in [-0.39, 0.29) is 17.7 Å². The predicted octanol–water partition coefficient (Wildman–Crippen LogP) is 2.66. The number of likely N-dealkylation sites (tertiary alicyclic amines) is 1. The number of hydrogen-bond acceptors (Lipinski definition) is 5. The molecule has 6 nitrogen and oxygen atoms in total. The van der Waals surface area contributed by atoms with Gasteiger partial charge in [0.05, 0.1) is 12.3 Å². The maximum atomic E-state index is 13.2. The summed E-state index contributed by atoms with van der Waals surface area (Å²) < 4.78 is 0. The SMILES string of the molecule is O=C(Cc1ccccc1)N1CCCC(C(=O)N2CCCN(c3nccs3)CC2)C1. The largest absolute Gasteiger partial charge is 0.346 e. The summed E-state index contributed by atoms with van der Waals surface area (Å²) in [6.07, 6.45) is 4.97. The summed E-state index contributed by atoms with van der Waals surface area (Å²) >= 11 is 1.65. The van der Waals surface area contributed by atoms with E-state index in [4.69, 9.17) is 0 Å². The molecule has 2 aromatic rings. The van der Waals surface area contributed by atoms with Gasteiger partial charge in [-0.2, -0.15) is 0 Å². The molecule has 0 N–H and O–H groups in total. The van der Waals surface area contributed by atoms with Crippen molar-refractivity contribution in [3.63, 3.8) is 0 Å². The van der Waals surface area contributed by atoms with Crippen LogP contribution in [0.2, 0.25) is 0 Å². The minimum atomic E-state index is -0.0742. The standard InChI is InChI=1S/C22H28N4O2S/c27-20(16-18-6-2-1-3-7-18)26-10-4-8-19(17-26)21(28)24-11-5-12-25(14-13-24)22-23-9-15-29-22/h1-3,6-7,9,15,19H,4-5,8,10-14,16-17H2. The lowest BCUT2D eigenvalue weighted by Crippen LogP contribution is -2.47. The Balaban J connectivity index is 1.33. The normalized spacial score (nSPS) is 20.4. The van der Waals surface area contributed by atoms with E-state index in [0.29, 0.717) is 13.0 Å². The number of nitrogens with zero attached hydrogens (tertiary/aromatic N) is 4. The maximum absolute atomic E-state index is 13.2. The topological polar surface area (TPSA) is 56.8 Å². The molecule has 4 rings (SSSR count). The van der Waals surface area contributed by atoms with E-state index in [1.165, 1.54) is 0 Å². The van der Waals surface area contributed by atoms with E-state index in [0.717, 1.165) is 62.7 Å². The third kappa shape index (κ3) is 4.96. The highest BCUT2D eigenvalue weighted by Gasteiger charge is 2.32. The molecule has 7 heteroatoms. The van der Waals surface area contributed by atoms with Gasteiger partial charge < -0.3 is 14.7 Å². The van der Waals surface area contributed by atoms with E-state index in [9.17, 15) is 9.59 Å². The summed E-state index contributed by atoms with van der Waals surface area (Å²) in [4.78, 5) is 36.5. The van der Waals surface area contributed by atoms with Crippen molar-refractivity contribution < 1.29 is 9.59 Å². The molecule has 154 valence electrons. The van der Waals surface area contributed by atoms with Crippen molar-refractivity contribution in [2.45, 2.75) is 25.7 Å². The lowest BCUT2D eigenvalue weighted by Gasteiger charge is -2.35. The molecule has 0 aliphatic carbocycles. The van der Waals surface area contributed by atoms with Crippen LogP contribution in [0, 0.1) is 5.92 Å². The fourth-order valence-corrected chi connectivity index (χ4v) is 4.94. The first-order valence-electron chi connectivity index (χ1n) is 10.5. The average molecular weight is 413 g/mol. The lowest BCUT2D eigenvalue weighted by atomic mass is 9.95. The van der Waals surface area contributed by atoms with E-state index in [2.05, 4.69) is 9.88 Å². The van der Waals surface area contributed by atoms with Gasteiger partial charge in [0.15, 0.2) is 5.13 Å². The maximum Gasteiger partial charge on any atom is 0.227 e. The van der Waals surface area contributed by atoms with Crippen LogP contribution < -0.4 is 4.90 Å². The van der Waals surface area contributed by atoms with Gasteiger partial charge in [-0.1, -0.05) is 30.3 Å². The number of carbonyl (C=O) groups excluding carboxylic acids is 2. The first kappa shape index (κ1) is 19.9. The van der Waals surface area contributed by atoms with Gasteiger partial charge >= 0.3 is 0 Å². The quantitative estimate of drug-likeness (QED) is 0.775. The fraction of sp³-hybridized carbons (Fsp3) is 0.500. The molecule has 0 radical (unpaired) electrons. The molecule has 0 saturated carbocycles. The summed E-state index contributed by atoms with van der Waals surface area (Å²) in [7, 11) is 0. The minimum Gasteiger partial charge on any atom is -0.346 e. The zero-order valence-corrected chi connectivity index (χ0v) is 17.5. The zero-order chi connectivity index (χ0) is 20.1. The Morgan fingerprint density at radius 1 is 1.00 bits per heavy atom. The molecule has 3 heterocycles. The average Bonchev–Trinajstić information content (AvgIpc) is 3.19. The van der Waals surface area contributed by atoms with E-state index in [1.54, 1.807) is 11.3 Å². The predicted molar refractivity (Wildman–Crippen MR) is 115 cm³/mol. The number of piperidine rings is 1. The number of amides is 2. The van der Waals surface area contributed by atoms with Crippen LogP contribution in [0.1, 0.15) is 24.8 Å². The Kier molecular flexibility index (Phi) is 6.44. The first-order chi connectivity index (χ1) is 14.2. The van der Waals surface area contributed by atoms with Crippen molar-refractivity contribution in [3.8, 4) is 0 Å². The number of hydrogen-bond donors (Lipinski definition) is 0. The van der Waals surface area contributed by atoms with Crippen LogP contribution in [-0.4, -0.2) is 65.9 Å². The summed E-state index contributed by atoms with van der Waals surface area (Å²) in [6, 6.07) is 9.84. The van der Waals surface area contributed by atoms with Crippen molar-refractivity contribution in [1.29, 1.82) is 0 Å². The molecule has 2 fully saturated rings. The molecule has 2 saturated heterocycles. The molecule has 2 amide bonds. The molecule has 0 spiro atoms. The van der Waals surface area contributed by atoms with Crippen LogP contribution in [0.3, 0.4) is 0 Å². The van der Waals surface area contributed by atoms with E-state index >= 15 is 0 Å². The number of benzene rings is 1. The second kappa shape index (κ2) is 9.39. The van der Waals surface area contributed by atoms with Gasteiger partial charge in [0.2, 0.25) is 11.8 Å². The Morgan fingerprint density at radius 2 is 1.83 bits per heavy atom. The third-order valence-electron chi connectivity index (χ3n) is 5.82. The van der Waals surface area contributed by atoms with E-state index < -0.39 is 0 Å². The molecule has 1 unspecified atom stereocenters. The van der Waals surface area contributed by atoms with Crippen molar-refractivity contribution in [2.24, 2.45) is 5.92 Å². The summed E-state index contributed by atoms with van der Waals surface area (Å²) in [6.45, 7) is 4.58. The molecule has 2 aliphatic heterocycles. The highest BCUT2D eigenvalue weighted by Crippen LogP contribution is 2.23. The van der Waals surface area contributed by atoms with Crippen LogP contribution in [0.5, 0.6) is 0 Å². The fourth-order valence-electron chi connectivity index (χ4n) is 4.25. The summed E-state index contributed by atoms with van der Waals surface area (Å²) in [5, 5.41) is 3.03. The molecule has 1 aromatic carbocycles. The Labute approximate surface area is 176 Å².